The molecule has 0 radical (unpaired) electrons. The van der Waals surface area contributed by atoms with E-state index in [4.69, 9.17) is 17.3 Å². The van der Waals surface area contributed by atoms with Gasteiger partial charge in [-0.2, -0.15) is 0 Å². The Balaban J connectivity index is 2.32. The summed E-state index contributed by atoms with van der Waals surface area (Å²) in [5.41, 5.74) is 6.89. The normalized spacial score (nSPS) is 24.1. The molecule has 0 spiro atoms. The zero-order valence-electron chi connectivity index (χ0n) is 10.8. The first-order valence-electron chi connectivity index (χ1n) is 6.38. The van der Waals surface area contributed by atoms with E-state index in [1.54, 1.807) is 18.2 Å². The second kappa shape index (κ2) is 5.19. The number of piperidine rings is 1. The molecule has 1 amide bonds. The Morgan fingerprint density at radius 1 is 1.33 bits per heavy atom. The van der Waals surface area contributed by atoms with E-state index < -0.39 is 0 Å². The van der Waals surface area contributed by atoms with Crippen LogP contribution < -0.4 is 5.73 Å². The van der Waals surface area contributed by atoms with Crippen LogP contribution in [0.5, 0.6) is 0 Å². The van der Waals surface area contributed by atoms with Crippen LogP contribution in [0.1, 0.15) is 43.5 Å². The number of halogens is 1. The van der Waals surface area contributed by atoms with Crippen LogP contribution in [0.4, 0.5) is 5.69 Å². The first-order chi connectivity index (χ1) is 8.50. The number of likely N-dealkylation sites (tertiary alicyclic amines) is 1. The van der Waals surface area contributed by atoms with Crippen molar-refractivity contribution in [1.29, 1.82) is 0 Å². The van der Waals surface area contributed by atoms with Gasteiger partial charge in [-0.15, -0.1) is 0 Å². The molecule has 18 heavy (non-hydrogen) atoms. The number of hydrogen-bond donors (Lipinski definition) is 1. The van der Waals surface area contributed by atoms with Crippen molar-refractivity contribution in [3.05, 3.63) is 28.8 Å². The van der Waals surface area contributed by atoms with Gasteiger partial charge >= 0.3 is 0 Å². The molecule has 1 aliphatic heterocycles. The number of nitrogen functional groups attached to an aromatic ring is 1. The molecule has 1 aliphatic rings. The fourth-order valence-electron chi connectivity index (χ4n) is 2.67. The van der Waals surface area contributed by atoms with E-state index in [-0.39, 0.29) is 18.0 Å². The molecular weight excluding hydrogens is 248 g/mol. The van der Waals surface area contributed by atoms with Crippen LogP contribution in [-0.2, 0) is 0 Å². The number of hydrogen-bond acceptors (Lipinski definition) is 2. The average molecular weight is 267 g/mol. The smallest absolute Gasteiger partial charge is 0.256 e. The molecule has 0 aliphatic carbocycles. The molecule has 4 heteroatoms. The number of rotatable bonds is 1. The number of carbonyl (C=O) groups is 1. The Hall–Kier alpha value is -1.22. The molecular formula is C14H19ClN2O. The van der Waals surface area contributed by atoms with Crippen LogP contribution in [0.3, 0.4) is 0 Å². The van der Waals surface area contributed by atoms with E-state index in [0.717, 1.165) is 12.8 Å². The number of benzene rings is 1. The van der Waals surface area contributed by atoms with Crippen LogP contribution in [0.25, 0.3) is 0 Å². The zero-order chi connectivity index (χ0) is 13.3. The molecule has 1 aromatic rings. The van der Waals surface area contributed by atoms with Crippen LogP contribution in [0, 0.1) is 0 Å². The van der Waals surface area contributed by atoms with Crippen LogP contribution >= 0.6 is 11.6 Å². The highest BCUT2D eigenvalue weighted by atomic mass is 35.5. The molecule has 1 heterocycles. The summed E-state index contributed by atoms with van der Waals surface area (Å²) in [6.45, 7) is 4.18. The maximum atomic E-state index is 12.6. The first kappa shape index (κ1) is 13.2. The largest absolute Gasteiger partial charge is 0.398 e. The maximum Gasteiger partial charge on any atom is 0.256 e. The molecule has 0 saturated carbocycles. The molecule has 1 fully saturated rings. The van der Waals surface area contributed by atoms with Crippen LogP contribution in [-0.4, -0.2) is 22.9 Å². The van der Waals surface area contributed by atoms with Crippen molar-refractivity contribution in [2.75, 3.05) is 5.73 Å². The van der Waals surface area contributed by atoms with Gasteiger partial charge in [0.05, 0.1) is 5.56 Å². The highest BCUT2D eigenvalue weighted by Crippen LogP contribution is 2.27. The van der Waals surface area contributed by atoms with Gasteiger partial charge in [-0.05, 0) is 51.3 Å². The molecule has 0 bridgehead atoms. The lowest BCUT2D eigenvalue weighted by Crippen LogP contribution is -2.47. The third-order valence-electron chi connectivity index (χ3n) is 3.67. The summed E-state index contributed by atoms with van der Waals surface area (Å²) in [5.74, 6) is -0.00491. The average Bonchev–Trinajstić information content (AvgIpc) is 2.32. The minimum atomic E-state index is -0.00491. The molecule has 3 nitrogen and oxygen atoms in total. The predicted molar refractivity (Wildman–Crippen MR) is 74.8 cm³/mol. The van der Waals surface area contributed by atoms with Crippen molar-refractivity contribution in [1.82, 2.24) is 4.90 Å². The number of anilines is 1. The fraction of sp³-hybridized carbons (Fsp3) is 0.500. The lowest BCUT2D eigenvalue weighted by molar-refractivity contribution is 0.0512. The van der Waals surface area contributed by atoms with Gasteiger partial charge in [-0.1, -0.05) is 11.6 Å². The number of nitrogens with two attached hydrogens (primary N) is 1. The van der Waals surface area contributed by atoms with Gasteiger partial charge in [0.25, 0.3) is 5.91 Å². The Labute approximate surface area is 113 Å². The molecule has 98 valence electrons. The monoisotopic (exact) mass is 266 g/mol. The Bertz CT molecular complexity index is 451. The summed E-state index contributed by atoms with van der Waals surface area (Å²) in [6.07, 6.45) is 3.28. The lowest BCUT2D eigenvalue weighted by Gasteiger charge is -2.39. The third-order valence-corrected chi connectivity index (χ3v) is 3.91. The zero-order valence-corrected chi connectivity index (χ0v) is 11.6. The van der Waals surface area contributed by atoms with Crippen LogP contribution in [0.15, 0.2) is 18.2 Å². The van der Waals surface area contributed by atoms with E-state index in [0.29, 0.717) is 16.3 Å². The van der Waals surface area contributed by atoms with E-state index in [1.807, 2.05) is 4.90 Å². The van der Waals surface area contributed by atoms with E-state index in [2.05, 4.69) is 13.8 Å². The van der Waals surface area contributed by atoms with Gasteiger partial charge in [0.2, 0.25) is 0 Å². The quantitative estimate of drug-likeness (QED) is 0.793. The summed E-state index contributed by atoms with van der Waals surface area (Å²) >= 11 is 5.95. The topological polar surface area (TPSA) is 46.3 Å². The molecule has 1 aromatic carbocycles. The Morgan fingerprint density at radius 3 is 2.56 bits per heavy atom. The lowest BCUT2D eigenvalue weighted by atomic mass is 9.96. The summed E-state index contributed by atoms with van der Waals surface area (Å²) in [6, 6.07) is 5.58. The minimum Gasteiger partial charge on any atom is -0.398 e. The summed E-state index contributed by atoms with van der Waals surface area (Å²) < 4.78 is 0. The van der Waals surface area contributed by atoms with Gasteiger partial charge < -0.3 is 10.6 Å². The molecule has 2 N–H and O–H groups in total. The SMILES string of the molecule is C[C@@H]1CCC[C@H](C)N1C(=O)c1cc(Cl)ccc1N. The molecule has 0 aromatic heterocycles. The van der Waals surface area contributed by atoms with Crippen molar-refractivity contribution in [2.24, 2.45) is 0 Å². The van der Waals surface area contributed by atoms with Gasteiger partial charge in [-0.25, -0.2) is 0 Å². The molecule has 0 unspecified atom stereocenters. The van der Waals surface area contributed by atoms with Crippen molar-refractivity contribution >= 4 is 23.2 Å². The molecule has 2 atom stereocenters. The van der Waals surface area contributed by atoms with Crippen molar-refractivity contribution in [2.45, 2.75) is 45.2 Å². The highest BCUT2D eigenvalue weighted by molar-refractivity contribution is 6.31. The number of amides is 1. The highest BCUT2D eigenvalue weighted by Gasteiger charge is 2.30. The second-order valence-electron chi connectivity index (χ2n) is 5.07. The van der Waals surface area contributed by atoms with Crippen molar-refractivity contribution < 1.29 is 4.79 Å². The number of nitrogens with zero attached hydrogens (tertiary/aromatic N) is 1. The maximum absolute atomic E-state index is 12.6. The van der Waals surface area contributed by atoms with E-state index in [9.17, 15) is 4.79 Å². The van der Waals surface area contributed by atoms with Gasteiger partial charge in [-0.3, -0.25) is 4.79 Å². The number of carbonyl (C=O) groups excluding carboxylic acids is 1. The summed E-state index contributed by atoms with van der Waals surface area (Å²) in [7, 11) is 0. The van der Waals surface area contributed by atoms with E-state index in [1.165, 1.54) is 6.42 Å². The first-order valence-corrected chi connectivity index (χ1v) is 6.76. The summed E-state index contributed by atoms with van der Waals surface area (Å²) in [5, 5.41) is 0.546. The molecule has 1 saturated heterocycles. The fourth-order valence-corrected chi connectivity index (χ4v) is 2.85. The van der Waals surface area contributed by atoms with Gasteiger partial charge in [0, 0.05) is 22.8 Å². The van der Waals surface area contributed by atoms with E-state index >= 15 is 0 Å². The third kappa shape index (κ3) is 2.46. The van der Waals surface area contributed by atoms with Crippen molar-refractivity contribution in [3.8, 4) is 0 Å². The van der Waals surface area contributed by atoms with Crippen LogP contribution in [0.2, 0.25) is 5.02 Å². The standard InChI is InChI=1S/C14H19ClN2O/c1-9-4-3-5-10(2)17(9)14(18)12-8-11(15)6-7-13(12)16/h6-10H,3-5,16H2,1-2H3/t9-,10+. The van der Waals surface area contributed by atoms with Crippen molar-refractivity contribution in [3.63, 3.8) is 0 Å². The minimum absolute atomic E-state index is 0.00491. The second-order valence-corrected chi connectivity index (χ2v) is 5.51. The Kier molecular flexibility index (Phi) is 3.81. The Morgan fingerprint density at radius 2 is 1.94 bits per heavy atom. The predicted octanol–water partition coefficient (Wildman–Crippen LogP) is 3.33. The van der Waals surface area contributed by atoms with Gasteiger partial charge in [0.15, 0.2) is 0 Å². The van der Waals surface area contributed by atoms with Gasteiger partial charge in [0.1, 0.15) is 0 Å². The molecule has 2 rings (SSSR count). The summed E-state index contributed by atoms with van der Waals surface area (Å²) in [4.78, 5) is 14.5.